The van der Waals surface area contributed by atoms with Crippen molar-refractivity contribution in [2.75, 3.05) is 45.2 Å². The predicted molar refractivity (Wildman–Crippen MR) is 130 cm³/mol. The molecule has 164 valence electrons. The minimum absolute atomic E-state index is 0. The molecule has 1 saturated heterocycles. The molecule has 0 bridgehead atoms. The number of amides is 1. The molecule has 7 nitrogen and oxygen atoms in total. The third-order valence-corrected chi connectivity index (χ3v) is 4.95. The summed E-state index contributed by atoms with van der Waals surface area (Å²) in [7, 11) is 1.78. The SMILES string of the molecule is CCCC(=O)Nc1ccc(CNC(=NC)NCC(C)(C)N2CCOCC2)cc1.I. The number of benzene rings is 1. The summed E-state index contributed by atoms with van der Waals surface area (Å²) in [5.41, 5.74) is 1.99. The monoisotopic (exact) mass is 517 g/mol. The molecule has 3 N–H and O–H groups in total. The number of guanidine groups is 1. The van der Waals surface area contributed by atoms with E-state index in [0.717, 1.165) is 56.5 Å². The van der Waals surface area contributed by atoms with Crippen molar-refractivity contribution in [2.45, 2.75) is 45.7 Å². The second-order valence-electron chi connectivity index (χ2n) is 7.69. The van der Waals surface area contributed by atoms with Crippen molar-refractivity contribution >= 4 is 41.5 Å². The number of rotatable bonds is 8. The average Bonchev–Trinajstić information content (AvgIpc) is 2.70. The van der Waals surface area contributed by atoms with E-state index in [9.17, 15) is 4.79 Å². The van der Waals surface area contributed by atoms with Gasteiger partial charge in [-0.2, -0.15) is 0 Å². The Labute approximate surface area is 192 Å². The molecular weight excluding hydrogens is 481 g/mol. The number of hydrogen-bond acceptors (Lipinski definition) is 4. The van der Waals surface area contributed by atoms with Crippen LogP contribution in [0.5, 0.6) is 0 Å². The van der Waals surface area contributed by atoms with Crippen LogP contribution in [0.2, 0.25) is 0 Å². The van der Waals surface area contributed by atoms with Crippen LogP contribution in [-0.4, -0.2) is 62.2 Å². The molecule has 2 rings (SSSR count). The highest BCUT2D eigenvalue weighted by atomic mass is 127. The van der Waals surface area contributed by atoms with Crippen molar-refractivity contribution in [1.82, 2.24) is 15.5 Å². The minimum Gasteiger partial charge on any atom is -0.379 e. The molecule has 29 heavy (non-hydrogen) atoms. The Morgan fingerprint density at radius 2 is 1.83 bits per heavy atom. The van der Waals surface area contributed by atoms with Gasteiger partial charge in [0.05, 0.1) is 13.2 Å². The molecule has 0 spiro atoms. The van der Waals surface area contributed by atoms with E-state index >= 15 is 0 Å². The van der Waals surface area contributed by atoms with Crippen LogP contribution in [0.15, 0.2) is 29.3 Å². The van der Waals surface area contributed by atoms with Gasteiger partial charge in [-0.1, -0.05) is 19.1 Å². The molecule has 1 aliphatic rings. The maximum Gasteiger partial charge on any atom is 0.224 e. The number of halogens is 1. The van der Waals surface area contributed by atoms with E-state index in [1.165, 1.54) is 0 Å². The molecule has 0 unspecified atom stereocenters. The summed E-state index contributed by atoms with van der Waals surface area (Å²) in [6.07, 6.45) is 1.40. The minimum atomic E-state index is 0. The van der Waals surface area contributed by atoms with Gasteiger partial charge in [0.1, 0.15) is 0 Å². The summed E-state index contributed by atoms with van der Waals surface area (Å²) in [5.74, 6) is 0.836. The number of nitrogens with one attached hydrogen (secondary N) is 3. The lowest BCUT2D eigenvalue weighted by Gasteiger charge is -2.41. The van der Waals surface area contributed by atoms with E-state index in [4.69, 9.17) is 4.74 Å². The molecule has 1 aromatic carbocycles. The second-order valence-corrected chi connectivity index (χ2v) is 7.69. The van der Waals surface area contributed by atoms with Crippen molar-refractivity contribution < 1.29 is 9.53 Å². The smallest absolute Gasteiger partial charge is 0.224 e. The third kappa shape index (κ3) is 8.88. The van der Waals surface area contributed by atoms with Crippen LogP contribution in [0.1, 0.15) is 39.2 Å². The van der Waals surface area contributed by atoms with Crippen LogP contribution in [0.4, 0.5) is 5.69 Å². The van der Waals surface area contributed by atoms with E-state index in [1.54, 1.807) is 7.05 Å². The summed E-state index contributed by atoms with van der Waals surface area (Å²) in [6.45, 7) is 11.5. The van der Waals surface area contributed by atoms with Crippen LogP contribution >= 0.6 is 24.0 Å². The zero-order valence-electron chi connectivity index (χ0n) is 18.1. The van der Waals surface area contributed by atoms with E-state index in [0.29, 0.717) is 13.0 Å². The number of carbonyl (C=O) groups excluding carboxylic acids is 1. The zero-order valence-corrected chi connectivity index (χ0v) is 20.4. The Balaban J connectivity index is 0.00000420. The number of anilines is 1. The average molecular weight is 517 g/mol. The molecule has 1 fully saturated rings. The van der Waals surface area contributed by atoms with Crippen LogP contribution in [0, 0.1) is 0 Å². The molecule has 1 amide bonds. The van der Waals surface area contributed by atoms with Crippen LogP contribution in [-0.2, 0) is 16.1 Å². The molecule has 0 aromatic heterocycles. The first kappa shape index (κ1) is 25.6. The van der Waals surface area contributed by atoms with Crippen molar-refractivity contribution in [3.8, 4) is 0 Å². The highest BCUT2D eigenvalue weighted by Crippen LogP contribution is 2.15. The standard InChI is InChI=1S/C21H35N5O2.HI/c1-5-6-19(27)25-18-9-7-17(8-10-18)15-23-20(22-4)24-16-21(2,3)26-11-13-28-14-12-26;/h7-10H,5-6,11-16H2,1-4H3,(H,25,27)(H2,22,23,24);1H. The maximum absolute atomic E-state index is 11.7. The Hall–Kier alpha value is -1.39. The second kappa shape index (κ2) is 13.0. The number of carbonyl (C=O) groups is 1. The molecule has 1 heterocycles. The normalized spacial score (nSPS) is 15.4. The third-order valence-electron chi connectivity index (χ3n) is 4.95. The Morgan fingerprint density at radius 3 is 2.41 bits per heavy atom. The van der Waals surface area contributed by atoms with Gasteiger partial charge in [0, 0.05) is 50.9 Å². The number of ether oxygens (including phenoxy) is 1. The summed E-state index contributed by atoms with van der Waals surface area (Å²) < 4.78 is 5.45. The number of nitrogens with zero attached hydrogens (tertiary/aromatic N) is 2. The lowest BCUT2D eigenvalue weighted by Crippen LogP contribution is -2.56. The summed E-state index contributed by atoms with van der Waals surface area (Å²) in [4.78, 5) is 18.4. The van der Waals surface area contributed by atoms with E-state index in [2.05, 4.69) is 39.7 Å². The lowest BCUT2D eigenvalue weighted by atomic mass is 10.0. The number of aliphatic imine (C=N–C) groups is 1. The van der Waals surface area contributed by atoms with Gasteiger partial charge in [0.25, 0.3) is 0 Å². The van der Waals surface area contributed by atoms with Crippen molar-refractivity contribution in [2.24, 2.45) is 4.99 Å². The van der Waals surface area contributed by atoms with E-state index in [-0.39, 0.29) is 35.4 Å². The Morgan fingerprint density at radius 1 is 1.17 bits per heavy atom. The molecule has 0 atom stereocenters. The van der Waals surface area contributed by atoms with Gasteiger partial charge in [0.2, 0.25) is 5.91 Å². The van der Waals surface area contributed by atoms with Gasteiger partial charge in [0.15, 0.2) is 5.96 Å². The van der Waals surface area contributed by atoms with Crippen LogP contribution < -0.4 is 16.0 Å². The largest absolute Gasteiger partial charge is 0.379 e. The molecular formula is C21H36IN5O2. The van der Waals surface area contributed by atoms with Gasteiger partial charge in [-0.25, -0.2) is 0 Å². The van der Waals surface area contributed by atoms with Gasteiger partial charge in [-0.15, -0.1) is 24.0 Å². The Bertz CT molecular complexity index is 643. The molecule has 1 aromatic rings. The van der Waals surface area contributed by atoms with Gasteiger partial charge >= 0.3 is 0 Å². The number of hydrogen-bond donors (Lipinski definition) is 3. The first-order valence-corrected chi connectivity index (χ1v) is 10.1. The first-order chi connectivity index (χ1) is 13.4. The molecule has 1 aliphatic heterocycles. The maximum atomic E-state index is 11.7. The summed E-state index contributed by atoms with van der Waals surface area (Å²) >= 11 is 0. The zero-order chi connectivity index (χ0) is 20.4. The fraction of sp³-hybridized carbons (Fsp3) is 0.619. The molecule has 8 heteroatoms. The highest BCUT2D eigenvalue weighted by molar-refractivity contribution is 14.0. The first-order valence-electron chi connectivity index (χ1n) is 10.1. The fourth-order valence-corrected chi connectivity index (χ4v) is 3.14. The van der Waals surface area contributed by atoms with Crippen LogP contribution in [0.3, 0.4) is 0 Å². The van der Waals surface area contributed by atoms with Crippen molar-refractivity contribution in [1.29, 1.82) is 0 Å². The summed E-state index contributed by atoms with van der Waals surface area (Å²) in [6, 6.07) is 7.89. The van der Waals surface area contributed by atoms with Crippen LogP contribution in [0.25, 0.3) is 0 Å². The molecule has 0 radical (unpaired) electrons. The Kier molecular flexibility index (Phi) is 11.5. The quantitative estimate of drug-likeness (QED) is 0.281. The topological polar surface area (TPSA) is 78.0 Å². The van der Waals surface area contributed by atoms with E-state index in [1.807, 2.05) is 31.2 Å². The fourth-order valence-electron chi connectivity index (χ4n) is 3.14. The van der Waals surface area contributed by atoms with Gasteiger partial charge in [-0.05, 0) is 38.0 Å². The van der Waals surface area contributed by atoms with Crippen molar-refractivity contribution in [3.05, 3.63) is 29.8 Å². The van der Waals surface area contributed by atoms with Gasteiger partial charge in [-0.3, -0.25) is 14.7 Å². The van der Waals surface area contributed by atoms with Crippen molar-refractivity contribution in [3.63, 3.8) is 0 Å². The lowest BCUT2D eigenvalue weighted by molar-refractivity contribution is -0.116. The molecule has 0 saturated carbocycles. The summed E-state index contributed by atoms with van der Waals surface area (Å²) in [5, 5.41) is 9.68. The molecule has 0 aliphatic carbocycles. The highest BCUT2D eigenvalue weighted by Gasteiger charge is 2.28. The predicted octanol–water partition coefficient (Wildman–Crippen LogP) is 2.82. The number of morpholine rings is 1. The van der Waals surface area contributed by atoms with E-state index < -0.39 is 0 Å². The van der Waals surface area contributed by atoms with Gasteiger partial charge < -0.3 is 20.7 Å².